The first kappa shape index (κ1) is 12.5. The second-order valence-electron chi connectivity index (χ2n) is 4.73. The molecule has 1 aliphatic rings. The Morgan fingerprint density at radius 1 is 1.44 bits per heavy atom. The monoisotopic (exact) mass is 244 g/mol. The number of aromatic nitrogens is 2. The zero-order chi connectivity index (χ0) is 13.0. The quantitative estimate of drug-likeness (QED) is 0.873. The average Bonchev–Trinajstić information content (AvgIpc) is 2.88. The highest BCUT2D eigenvalue weighted by Crippen LogP contribution is 2.37. The molecule has 0 radical (unpaired) electrons. The van der Waals surface area contributed by atoms with Crippen molar-refractivity contribution in [3.63, 3.8) is 0 Å². The van der Waals surface area contributed by atoms with Gasteiger partial charge >= 0.3 is 0 Å². The van der Waals surface area contributed by atoms with Crippen molar-refractivity contribution in [3.05, 3.63) is 23.8 Å². The van der Waals surface area contributed by atoms with Gasteiger partial charge in [-0.05, 0) is 19.8 Å². The minimum Gasteiger partial charge on any atom is -0.349 e. The number of amides is 1. The maximum Gasteiger partial charge on any atom is 0.240 e. The number of nitrogens with zero attached hydrogens (tertiary/aromatic N) is 3. The average molecular weight is 244 g/mol. The first-order valence-electron chi connectivity index (χ1n) is 6.13. The lowest BCUT2D eigenvalue weighted by Crippen LogP contribution is -2.38. The molecule has 1 heterocycles. The fourth-order valence-corrected chi connectivity index (χ4v) is 2.22. The molecule has 2 rings (SSSR count). The van der Waals surface area contributed by atoms with Crippen LogP contribution in [0.1, 0.15) is 37.1 Å². The standard InChI is InChI=1S/C13H16N4O/c1-10-6-16-11(7-15-10)8-17-12(18)13(9-14)4-2-3-5-13/h6-7H,2-5,8H2,1H3,(H,17,18). The lowest BCUT2D eigenvalue weighted by Gasteiger charge is -2.18. The van der Waals surface area contributed by atoms with Crippen LogP contribution in [0.2, 0.25) is 0 Å². The molecule has 0 bridgehead atoms. The fraction of sp³-hybridized carbons (Fsp3) is 0.538. The number of rotatable bonds is 3. The molecule has 0 aliphatic heterocycles. The summed E-state index contributed by atoms with van der Waals surface area (Å²) in [6.07, 6.45) is 6.53. The summed E-state index contributed by atoms with van der Waals surface area (Å²) in [5.41, 5.74) is 0.729. The van der Waals surface area contributed by atoms with E-state index in [1.165, 1.54) is 0 Å². The molecule has 0 saturated heterocycles. The summed E-state index contributed by atoms with van der Waals surface area (Å²) in [6, 6.07) is 2.17. The van der Waals surface area contributed by atoms with Gasteiger partial charge in [-0.25, -0.2) is 0 Å². The second-order valence-corrected chi connectivity index (χ2v) is 4.73. The number of hydrogen-bond donors (Lipinski definition) is 1. The molecule has 0 atom stereocenters. The first-order valence-corrected chi connectivity index (χ1v) is 6.13. The Balaban J connectivity index is 1.96. The van der Waals surface area contributed by atoms with Gasteiger partial charge in [0.2, 0.25) is 5.91 Å². The fourth-order valence-electron chi connectivity index (χ4n) is 2.22. The maximum absolute atomic E-state index is 12.1. The van der Waals surface area contributed by atoms with Crippen LogP contribution in [-0.2, 0) is 11.3 Å². The molecule has 1 aromatic heterocycles. The van der Waals surface area contributed by atoms with E-state index in [4.69, 9.17) is 0 Å². The van der Waals surface area contributed by atoms with E-state index in [1.807, 2.05) is 6.92 Å². The van der Waals surface area contributed by atoms with Gasteiger partial charge in [0.25, 0.3) is 0 Å². The van der Waals surface area contributed by atoms with Crippen molar-refractivity contribution in [1.29, 1.82) is 5.26 Å². The normalized spacial score (nSPS) is 17.1. The molecule has 0 spiro atoms. The van der Waals surface area contributed by atoms with Gasteiger partial charge in [-0.1, -0.05) is 12.8 Å². The molecule has 1 fully saturated rings. The van der Waals surface area contributed by atoms with E-state index in [0.29, 0.717) is 25.1 Å². The summed E-state index contributed by atoms with van der Waals surface area (Å²) in [5.74, 6) is -0.176. The molecule has 1 aromatic rings. The summed E-state index contributed by atoms with van der Waals surface area (Å²) in [5, 5.41) is 12.0. The highest BCUT2D eigenvalue weighted by molar-refractivity contribution is 5.85. The van der Waals surface area contributed by atoms with Crippen LogP contribution in [0.25, 0.3) is 0 Å². The molecule has 18 heavy (non-hydrogen) atoms. The van der Waals surface area contributed by atoms with Crippen molar-refractivity contribution in [2.75, 3.05) is 0 Å². The van der Waals surface area contributed by atoms with Crippen LogP contribution < -0.4 is 5.32 Å². The van der Waals surface area contributed by atoms with Crippen LogP contribution in [0.3, 0.4) is 0 Å². The topological polar surface area (TPSA) is 78.7 Å². The lowest BCUT2D eigenvalue weighted by molar-refractivity contribution is -0.128. The van der Waals surface area contributed by atoms with Gasteiger partial charge in [-0.2, -0.15) is 5.26 Å². The van der Waals surface area contributed by atoms with E-state index in [1.54, 1.807) is 12.4 Å². The van der Waals surface area contributed by atoms with Crippen molar-refractivity contribution >= 4 is 5.91 Å². The molecule has 0 aromatic carbocycles. The Morgan fingerprint density at radius 3 is 2.72 bits per heavy atom. The minimum atomic E-state index is -0.821. The highest BCUT2D eigenvalue weighted by atomic mass is 16.2. The first-order chi connectivity index (χ1) is 8.66. The number of nitriles is 1. The smallest absolute Gasteiger partial charge is 0.240 e. The molecule has 1 N–H and O–H groups in total. The van der Waals surface area contributed by atoms with Gasteiger partial charge < -0.3 is 5.32 Å². The molecule has 1 aliphatic carbocycles. The van der Waals surface area contributed by atoms with Crippen LogP contribution >= 0.6 is 0 Å². The Labute approximate surface area is 106 Å². The lowest BCUT2D eigenvalue weighted by atomic mass is 9.87. The van der Waals surface area contributed by atoms with Crippen molar-refractivity contribution in [1.82, 2.24) is 15.3 Å². The van der Waals surface area contributed by atoms with Crippen molar-refractivity contribution in [2.24, 2.45) is 5.41 Å². The summed E-state index contributed by atoms with van der Waals surface area (Å²) in [4.78, 5) is 20.3. The Bertz CT molecular complexity index is 469. The molecular formula is C13H16N4O. The van der Waals surface area contributed by atoms with E-state index in [0.717, 1.165) is 18.5 Å². The minimum absolute atomic E-state index is 0.176. The van der Waals surface area contributed by atoms with Gasteiger partial charge in [-0.3, -0.25) is 14.8 Å². The molecule has 5 nitrogen and oxygen atoms in total. The third-order valence-corrected chi connectivity index (χ3v) is 3.37. The van der Waals surface area contributed by atoms with E-state index < -0.39 is 5.41 Å². The van der Waals surface area contributed by atoms with Crippen LogP contribution in [0.5, 0.6) is 0 Å². The molecule has 94 valence electrons. The van der Waals surface area contributed by atoms with Crippen LogP contribution in [0.15, 0.2) is 12.4 Å². The number of carbonyl (C=O) groups is 1. The molecule has 5 heteroatoms. The third kappa shape index (κ3) is 2.48. The zero-order valence-electron chi connectivity index (χ0n) is 10.4. The summed E-state index contributed by atoms with van der Waals surface area (Å²) >= 11 is 0. The molecular weight excluding hydrogens is 228 g/mol. The van der Waals surface area contributed by atoms with Gasteiger partial charge in [0.15, 0.2) is 0 Å². The van der Waals surface area contributed by atoms with Gasteiger partial charge in [-0.15, -0.1) is 0 Å². The predicted molar refractivity (Wildman–Crippen MR) is 65.1 cm³/mol. The molecule has 1 saturated carbocycles. The SMILES string of the molecule is Cc1cnc(CNC(=O)C2(C#N)CCCC2)cn1. The number of hydrogen-bond acceptors (Lipinski definition) is 4. The number of carbonyl (C=O) groups excluding carboxylic acids is 1. The molecule has 0 unspecified atom stereocenters. The van der Waals surface area contributed by atoms with Gasteiger partial charge in [0.05, 0.1) is 30.2 Å². The van der Waals surface area contributed by atoms with E-state index in [2.05, 4.69) is 21.4 Å². The number of nitrogens with one attached hydrogen (secondary N) is 1. The second kappa shape index (κ2) is 5.13. The number of aryl methyl sites for hydroxylation is 1. The van der Waals surface area contributed by atoms with E-state index >= 15 is 0 Å². The van der Waals surface area contributed by atoms with E-state index in [9.17, 15) is 10.1 Å². The Hall–Kier alpha value is -1.96. The van der Waals surface area contributed by atoms with Gasteiger partial charge in [0.1, 0.15) is 5.41 Å². The summed E-state index contributed by atoms with van der Waals surface area (Å²) < 4.78 is 0. The Morgan fingerprint density at radius 2 is 2.17 bits per heavy atom. The zero-order valence-corrected chi connectivity index (χ0v) is 10.4. The van der Waals surface area contributed by atoms with Crippen LogP contribution in [0, 0.1) is 23.7 Å². The van der Waals surface area contributed by atoms with Crippen LogP contribution in [0.4, 0.5) is 0 Å². The van der Waals surface area contributed by atoms with Crippen molar-refractivity contribution in [3.8, 4) is 6.07 Å². The predicted octanol–water partition coefficient (Wildman–Crippen LogP) is 1.49. The van der Waals surface area contributed by atoms with Crippen molar-refractivity contribution in [2.45, 2.75) is 39.2 Å². The third-order valence-electron chi connectivity index (χ3n) is 3.37. The summed E-state index contributed by atoms with van der Waals surface area (Å²) in [7, 11) is 0. The van der Waals surface area contributed by atoms with E-state index in [-0.39, 0.29) is 5.91 Å². The van der Waals surface area contributed by atoms with Crippen LogP contribution in [-0.4, -0.2) is 15.9 Å². The highest BCUT2D eigenvalue weighted by Gasteiger charge is 2.41. The maximum atomic E-state index is 12.1. The Kier molecular flexibility index (Phi) is 3.56. The summed E-state index contributed by atoms with van der Waals surface area (Å²) in [6.45, 7) is 2.19. The van der Waals surface area contributed by atoms with Crippen molar-refractivity contribution < 1.29 is 4.79 Å². The molecule has 1 amide bonds. The van der Waals surface area contributed by atoms with Gasteiger partial charge in [0, 0.05) is 6.20 Å². The largest absolute Gasteiger partial charge is 0.349 e.